The highest BCUT2D eigenvalue weighted by molar-refractivity contribution is 7.89. The van der Waals surface area contributed by atoms with Crippen LogP contribution < -0.4 is 0 Å². The summed E-state index contributed by atoms with van der Waals surface area (Å²) in [5.41, 5.74) is 0.738. The van der Waals surface area contributed by atoms with Gasteiger partial charge in [-0.25, -0.2) is 8.42 Å². The van der Waals surface area contributed by atoms with E-state index in [1.54, 1.807) is 11.2 Å². The van der Waals surface area contributed by atoms with Gasteiger partial charge in [-0.3, -0.25) is 5.10 Å². The van der Waals surface area contributed by atoms with E-state index in [0.717, 1.165) is 32.1 Å². The third-order valence-electron chi connectivity index (χ3n) is 4.87. The van der Waals surface area contributed by atoms with Crippen LogP contribution in [0.5, 0.6) is 0 Å². The van der Waals surface area contributed by atoms with Crippen molar-refractivity contribution >= 4 is 10.0 Å². The monoisotopic (exact) mass is 313 g/mol. The molecule has 3 rings (SSSR count). The van der Waals surface area contributed by atoms with Crippen LogP contribution in [0.3, 0.4) is 0 Å². The lowest BCUT2D eigenvalue weighted by molar-refractivity contribution is 0.129. The van der Waals surface area contributed by atoms with Crippen molar-refractivity contribution in [2.45, 2.75) is 63.0 Å². The molecule has 0 unspecified atom stereocenters. The Morgan fingerprint density at radius 2 is 2.00 bits per heavy atom. The number of hydrogen-bond acceptors (Lipinski definition) is 4. The topological polar surface area (TPSA) is 86.3 Å². The quantitative estimate of drug-likeness (QED) is 0.886. The SMILES string of the molecule is Cc1[nH]nc(CO)c1S(=O)(=O)N1CCC[C@H]2CCCC[C@H]21. The van der Waals surface area contributed by atoms with Crippen LogP contribution in [0.1, 0.15) is 49.9 Å². The van der Waals surface area contributed by atoms with Gasteiger partial charge in [0, 0.05) is 12.6 Å². The Kier molecular flexibility index (Phi) is 4.07. The van der Waals surface area contributed by atoms with Crippen LogP contribution in [0.2, 0.25) is 0 Å². The molecule has 1 aromatic heterocycles. The molecule has 2 aliphatic rings. The predicted octanol–water partition coefficient (Wildman–Crippen LogP) is 1.55. The summed E-state index contributed by atoms with van der Waals surface area (Å²) in [6, 6.07) is 0.123. The molecule has 0 radical (unpaired) electrons. The second kappa shape index (κ2) is 5.70. The lowest BCUT2D eigenvalue weighted by atomic mass is 9.79. The first-order chi connectivity index (χ1) is 10.1. The second-order valence-corrected chi connectivity index (χ2v) is 7.98. The maximum Gasteiger partial charge on any atom is 0.247 e. The number of H-pyrrole nitrogens is 1. The summed E-state index contributed by atoms with van der Waals surface area (Å²) in [7, 11) is -3.58. The van der Waals surface area contributed by atoms with Crippen LogP contribution >= 0.6 is 0 Å². The largest absolute Gasteiger partial charge is 0.390 e. The summed E-state index contributed by atoms with van der Waals surface area (Å²) < 4.78 is 27.8. The first-order valence-electron chi connectivity index (χ1n) is 7.72. The van der Waals surface area contributed by atoms with Gasteiger partial charge in [0.05, 0.1) is 12.3 Å². The number of sulfonamides is 1. The standard InChI is InChI=1S/C14H23N3O3S/c1-10-14(12(9-18)16-15-10)21(19,20)17-8-4-6-11-5-2-3-7-13(11)17/h11,13,18H,2-9H2,1H3,(H,15,16)/t11-,13-/m1/s1. The lowest BCUT2D eigenvalue weighted by Gasteiger charge is -2.43. The van der Waals surface area contributed by atoms with Crippen molar-refractivity contribution in [1.29, 1.82) is 0 Å². The molecule has 118 valence electrons. The zero-order valence-electron chi connectivity index (χ0n) is 12.4. The van der Waals surface area contributed by atoms with Crippen molar-refractivity contribution in [3.05, 3.63) is 11.4 Å². The summed E-state index contributed by atoms with van der Waals surface area (Å²) in [5.74, 6) is 0.493. The third-order valence-corrected chi connectivity index (χ3v) is 7.00. The first kappa shape index (κ1) is 15.0. The van der Waals surface area contributed by atoms with Gasteiger partial charge in [-0.1, -0.05) is 12.8 Å². The molecule has 1 saturated heterocycles. The maximum atomic E-state index is 13.1. The summed E-state index contributed by atoms with van der Waals surface area (Å²) in [6.07, 6.45) is 6.45. The van der Waals surface area contributed by atoms with Crippen LogP contribution in [-0.2, 0) is 16.6 Å². The predicted molar refractivity (Wildman–Crippen MR) is 78.1 cm³/mol. The normalized spacial score (nSPS) is 27.5. The Morgan fingerprint density at radius 3 is 2.76 bits per heavy atom. The Hall–Kier alpha value is -0.920. The maximum absolute atomic E-state index is 13.1. The molecule has 0 aromatic carbocycles. The zero-order valence-corrected chi connectivity index (χ0v) is 13.2. The highest BCUT2D eigenvalue weighted by Crippen LogP contribution is 2.38. The number of fused-ring (bicyclic) bond motifs is 1. The number of aliphatic hydroxyl groups is 1. The van der Waals surface area contributed by atoms with Gasteiger partial charge >= 0.3 is 0 Å². The minimum absolute atomic E-state index is 0.123. The van der Waals surface area contributed by atoms with Crippen LogP contribution in [0.25, 0.3) is 0 Å². The van der Waals surface area contributed by atoms with Gasteiger partial charge in [-0.2, -0.15) is 9.40 Å². The molecule has 2 atom stereocenters. The molecule has 1 aliphatic heterocycles. The van der Waals surface area contributed by atoms with E-state index in [9.17, 15) is 13.5 Å². The van der Waals surface area contributed by atoms with Gasteiger partial charge < -0.3 is 5.11 Å². The van der Waals surface area contributed by atoms with E-state index in [2.05, 4.69) is 10.2 Å². The first-order valence-corrected chi connectivity index (χ1v) is 9.16. The fourth-order valence-electron chi connectivity index (χ4n) is 3.91. The number of aliphatic hydroxyl groups excluding tert-OH is 1. The van der Waals surface area contributed by atoms with Crippen LogP contribution in [0.15, 0.2) is 4.90 Å². The number of nitrogens with zero attached hydrogens (tertiary/aromatic N) is 2. The van der Waals surface area contributed by atoms with E-state index in [-0.39, 0.29) is 23.2 Å². The highest BCUT2D eigenvalue weighted by atomic mass is 32.2. The number of piperidine rings is 1. The van der Waals surface area contributed by atoms with Crippen molar-refractivity contribution in [2.75, 3.05) is 6.54 Å². The number of rotatable bonds is 3. The molecule has 21 heavy (non-hydrogen) atoms. The van der Waals surface area contributed by atoms with Gasteiger partial charge in [0.15, 0.2) is 0 Å². The fourth-order valence-corrected chi connectivity index (χ4v) is 5.99. The molecule has 2 fully saturated rings. The van der Waals surface area contributed by atoms with Crippen LogP contribution in [-0.4, -0.2) is 40.6 Å². The van der Waals surface area contributed by atoms with Gasteiger partial charge in [-0.15, -0.1) is 0 Å². The number of aromatic amines is 1. The molecule has 0 spiro atoms. The molecular weight excluding hydrogens is 290 g/mol. The molecule has 1 aromatic rings. The van der Waals surface area contributed by atoms with Crippen molar-refractivity contribution in [1.82, 2.24) is 14.5 Å². The Bertz CT molecular complexity index is 609. The van der Waals surface area contributed by atoms with E-state index < -0.39 is 10.0 Å². The summed E-state index contributed by atoms with van der Waals surface area (Å²) in [4.78, 5) is 0.177. The minimum atomic E-state index is -3.58. The Labute approximate surface area is 125 Å². The molecule has 7 heteroatoms. The molecule has 0 amide bonds. The van der Waals surface area contributed by atoms with Gasteiger partial charge in [-0.05, 0) is 38.5 Å². The third kappa shape index (κ3) is 2.51. The van der Waals surface area contributed by atoms with Crippen LogP contribution in [0, 0.1) is 12.8 Å². The molecular formula is C14H23N3O3S. The van der Waals surface area contributed by atoms with Gasteiger partial charge in [0.2, 0.25) is 10.0 Å². The van der Waals surface area contributed by atoms with E-state index >= 15 is 0 Å². The van der Waals surface area contributed by atoms with E-state index in [1.807, 2.05) is 0 Å². The zero-order chi connectivity index (χ0) is 15.0. The van der Waals surface area contributed by atoms with Crippen molar-refractivity contribution < 1.29 is 13.5 Å². The molecule has 2 heterocycles. The molecule has 6 nitrogen and oxygen atoms in total. The second-order valence-electron chi connectivity index (χ2n) is 6.15. The Balaban J connectivity index is 1.98. The highest BCUT2D eigenvalue weighted by Gasteiger charge is 2.41. The lowest BCUT2D eigenvalue weighted by Crippen LogP contribution is -2.49. The van der Waals surface area contributed by atoms with E-state index in [1.165, 1.54) is 6.42 Å². The number of aryl methyl sites for hydroxylation is 1. The fraction of sp³-hybridized carbons (Fsp3) is 0.786. The van der Waals surface area contributed by atoms with Crippen molar-refractivity contribution in [2.24, 2.45) is 5.92 Å². The smallest absolute Gasteiger partial charge is 0.247 e. The van der Waals surface area contributed by atoms with Gasteiger partial charge in [0.1, 0.15) is 10.6 Å². The number of aromatic nitrogens is 2. The minimum Gasteiger partial charge on any atom is -0.390 e. The summed E-state index contributed by atoms with van der Waals surface area (Å²) >= 11 is 0. The van der Waals surface area contributed by atoms with Crippen molar-refractivity contribution in [3.8, 4) is 0 Å². The number of hydrogen-bond donors (Lipinski definition) is 2. The Morgan fingerprint density at radius 1 is 1.29 bits per heavy atom. The average Bonchev–Trinajstić information content (AvgIpc) is 2.88. The summed E-state index contributed by atoms with van der Waals surface area (Å²) in [6.45, 7) is 1.92. The van der Waals surface area contributed by atoms with Crippen molar-refractivity contribution in [3.63, 3.8) is 0 Å². The van der Waals surface area contributed by atoms with E-state index in [4.69, 9.17) is 0 Å². The summed E-state index contributed by atoms with van der Waals surface area (Å²) in [5, 5.41) is 16.0. The molecule has 1 aliphatic carbocycles. The molecule has 1 saturated carbocycles. The van der Waals surface area contributed by atoms with Gasteiger partial charge in [0.25, 0.3) is 0 Å². The van der Waals surface area contributed by atoms with Crippen LogP contribution in [0.4, 0.5) is 0 Å². The van der Waals surface area contributed by atoms with E-state index in [0.29, 0.717) is 18.2 Å². The average molecular weight is 313 g/mol. The number of nitrogens with one attached hydrogen (secondary N) is 1. The molecule has 2 N–H and O–H groups in total. The molecule has 0 bridgehead atoms.